The quantitative estimate of drug-likeness (QED) is 0.866. The van der Waals surface area contributed by atoms with Crippen molar-refractivity contribution in [3.63, 3.8) is 0 Å². The Kier molecular flexibility index (Phi) is 3.10. The lowest BCUT2D eigenvalue weighted by Gasteiger charge is -2.05. The van der Waals surface area contributed by atoms with Gasteiger partial charge in [-0.15, -0.1) is 0 Å². The zero-order chi connectivity index (χ0) is 14.1. The summed E-state index contributed by atoms with van der Waals surface area (Å²) in [7, 11) is 0. The largest absolute Gasteiger partial charge is 0.478 e. The van der Waals surface area contributed by atoms with E-state index < -0.39 is 5.97 Å². The van der Waals surface area contributed by atoms with E-state index in [1.807, 2.05) is 25.3 Å². The number of carbonyl (C=O) groups is 1. The third-order valence-electron chi connectivity index (χ3n) is 3.31. The molecule has 0 amide bonds. The highest BCUT2D eigenvalue weighted by Crippen LogP contribution is 2.39. The zero-order valence-corrected chi connectivity index (χ0v) is 11.2. The highest BCUT2D eigenvalue weighted by Gasteiger charge is 2.26. The van der Waals surface area contributed by atoms with Crippen LogP contribution in [0, 0.1) is 6.92 Å². The van der Waals surface area contributed by atoms with E-state index in [0.29, 0.717) is 5.92 Å². The van der Waals surface area contributed by atoms with E-state index in [1.54, 1.807) is 10.9 Å². The van der Waals surface area contributed by atoms with Gasteiger partial charge in [-0.25, -0.2) is 14.5 Å². The predicted octanol–water partition coefficient (Wildman–Crippen LogP) is 2.55. The molecule has 1 N–H and O–H groups in total. The normalized spacial score (nSPS) is 14.8. The first-order valence-electron chi connectivity index (χ1n) is 6.57. The Labute approximate surface area is 116 Å². The molecule has 3 rings (SSSR count). The minimum absolute atomic E-state index is 0.620. The highest BCUT2D eigenvalue weighted by molar-refractivity contribution is 5.85. The van der Waals surface area contributed by atoms with Crippen LogP contribution in [0.1, 0.15) is 35.6 Å². The Morgan fingerprint density at radius 1 is 1.50 bits per heavy atom. The molecule has 1 aliphatic carbocycles. The van der Waals surface area contributed by atoms with Crippen molar-refractivity contribution in [3.05, 3.63) is 47.4 Å². The van der Waals surface area contributed by atoms with Crippen LogP contribution in [0.15, 0.2) is 30.6 Å². The summed E-state index contributed by atoms with van der Waals surface area (Å²) in [6.07, 6.45) is 8.67. The fourth-order valence-corrected chi connectivity index (χ4v) is 2.14. The first-order valence-corrected chi connectivity index (χ1v) is 6.57. The fraction of sp³-hybridized carbons (Fsp3) is 0.267. The molecular formula is C15H15N3O2. The van der Waals surface area contributed by atoms with Gasteiger partial charge >= 0.3 is 5.97 Å². The van der Waals surface area contributed by atoms with Crippen LogP contribution >= 0.6 is 0 Å². The van der Waals surface area contributed by atoms with Crippen LogP contribution in [0.25, 0.3) is 11.9 Å². The summed E-state index contributed by atoms with van der Waals surface area (Å²) in [6, 6.07) is 3.94. The average molecular weight is 269 g/mol. The summed E-state index contributed by atoms with van der Waals surface area (Å²) in [6.45, 7) is 1.94. The minimum atomic E-state index is -0.965. The van der Waals surface area contributed by atoms with E-state index in [2.05, 4.69) is 10.1 Å². The maximum absolute atomic E-state index is 10.5. The summed E-state index contributed by atoms with van der Waals surface area (Å²) in [5, 5.41) is 13.2. The molecule has 0 bridgehead atoms. The lowest BCUT2D eigenvalue weighted by atomic mass is 10.2. The number of nitrogens with zero attached hydrogens (tertiary/aromatic N) is 3. The molecular weight excluding hydrogens is 254 g/mol. The van der Waals surface area contributed by atoms with Crippen molar-refractivity contribution in [2.45, 2.75) is 25.7 Å². The average Bonchev–Trinajstić information content (AvgIpc) is 3.15. The van der Waals surface area contributed by atoms with Crippen LogP contribution in [0.2, 0.25) is 0 Å². The molecule has 5 nitrogen and oxygen atoms in total. The number of hydrogen-bond acceptors (Lipinski definition) is 3. The molecule has 1 fully saturated rings. The first kappa shape index (κ1) is 12.6. The Morgan fingerprint density at radius 2 is 2.30 bits per heavy atom. The van der Waals surface area contributed by atoms with Gasteiger partial charge in [-0.3, -0.25) is 0 Å². The molecule has 0 aromatic carbocycles. The van der Waals surface area contributed by atoms with Crippen LogP contribution in [0.4, 0.5) is 0 Å². The molecule has 0 saturated heterocycles. The van der Waals surface area contributed by atoms with E-state index in [4.69, 9.17) is 5.11 Å². The second-order valence-corrected chi connectivity index (χ2v) is 5.04. The Balaban J connectivity index is 1.87. The molecule has 2 aromatic rings. The smallest absolute Gasteiger partial charge is 0.328 e. The van der Waals surface area contributed by atoms with Gasteiger partial charge in [0.2, 0.25) is 0 Å². The van der Waals surface area contributed by atoms with Crippen molar-refractivity contribution in [2.75, 3.05) is 0 Å². The van der Waals surface area contributed by atoms with Crippen molar-refractivity contribution in [2.24, 2.45) is 0 Å². The van der Waals surface area contributed by atoms with Gasteiger partial charge in [-0.05, 0) is 49.1 Å². The molecule has 1 saturated carbocycles. The standard InChI is InChI=1S/C15H15N3O2/c1-10-8-11(2-5-14(19)20)9-16-15(10)18-7-6-13(17-18)12-3-4-12/h2,5-9,12H,3-4H2,1H3,(H,19,20)/b5-2+. The van der Waals surface area contributed by atoms with Crippen molar-refractivity contribution in [1.29, 1.82) is 0 Å². The minimum Gasteiger partial charge on any atom is -0.478 e. The molecule has 0 aliphatic heterocycles. The highest BCUT2D eigenvalue weighted by atomic mass is 16.4. The summed E-state index contributed by atoms with van der Waals surface area (Å²) < 4.78 is 1.79. The molecule has 0 radical (unpaired) electrons. The van der Waals surface area contributed by atoms with Crippen molar-refractivity contribution >= 4 is 12.0 Å². The Morgan fingerprint density at radius 3 is 2.95 bits per heavy atom. The number of carboxylic acids is 1. The first-order chi connectivity index (χ1) is 9.63. The van der Waals surface area contributed by atoms with Crippen LogP contribution in [0.3, 0.4) is 0 Å². The molecule has 0 unspecified atom stereocenters. The summed E-state index contributed by atoms with van der Waals surface area (Å²) in [4.78, 5) is 14.9. The second kappa shape index (κ2) is 4.92. The SMILES string of the molecule is Cc1cc(/C=C/C(=O)O)cnc1-n1ccc(C2CC2)n1. The maximum atomic E-state index is 10.5. The monoisotopic (exact) mass is 269 g/mol. The van der Waals surface area contributed by atoms with Gasteiger partial charge in [-0.2, -0.15) is 5.10 Å². The van der Waals surface area contributed by atoms with Gasteiger partial charge in [0, 0.05) is 24.4 Å². The summed E-state index contributed by atoms with van der Waals surface area (Å²) in [5.74, 6) is 0.437. The predicted molar refractivity (Wildman–Crippen MR) is 74.7 cm³/mol. The van der Waals surface area contributed by atoms with E-state index in [0.717, 1.165) is 28.7 Å². The van der Waals surface area contributed by atoms with Crippen LogP contribution in [0.5, 0.6) is 0 Å². The molecule has 2 heterocycles. The molecule has 0 spiro atoms. The lowest BCUT2D eigenvalue weighted by Crippen LogP contribution is -2.02. The summed E-state index contributed by atoms with van der Waals surface area (Å²) in [5.41, 5.74) is 2.85. The van der Waals surface area contributed by atoms with Gasteiger partial charge < -0.3 is 5.11 Å². The Hall–Kier alpha value is -2.43. The van der Waals surface area contributed by atoms with Crippen molar-refractivity contribution in [3.8, 4) is 5.82 Å². The maximum Gasteiger partial charge on any atom is 0.328 e. The molecule has 20 heavy (non-hydrogen) atoms. The third kappa shape index (κ3) is 2.61. The number of aliphatic carboxylic acids is 1. The fourth-order valence-electron chi connectivity index (χ4n) is 2.14. The van der Waals surface area contributed by atoms with E-state index in [-0.39, 0.29) is 0 Å². The van der Waals surface area contributed by atoms with E-state index in [9.17, 15) is 4.79 Å². The molecule has 5 heteroatoms. The molecule has 0 atom stereocenters. The van der Waals surface area contributed by atoms with Crippen LogP contribution < -0.4 is 0 Å². The zero-order valence-electron chi connectivity index (χ0n) is 11.2. The second-order valence-electron chi connectivity index (χ2n) is 5.04. The van der Waals surface area contributed by atoms with Gasteiger partial charge in [0.15, 0.2) is 5.82 Å². The van der Waals surface area contributed by atoms with Gasteiger partial charge in [-0.1, -0.05) is 0 Å². The number of rotatable bonds is 4. The third-order valence-corrected chi connectivity index (χ3v) is 3.31. The number of aromatic nitrogens is 3. The molecule has 2 aromatic heterocycles. The van der Waals surface area contributed by atoms with Gasteiger partial charge in [0.25, 0.3) is 0 Å². The van der Waals surface area contributed by atoms with Crippen LogP contribution in [-0.4, -0.2) is 25.8 Å². The number of aryl methyl sites for hydroxylation is 1. The summed E-state index contributed by atoms with van der Waals surface area (Å²) >= 11 is 0. The topological polar surface area (TPSA) is 68.0 Å². The number of carboxylic acid groups (broad SMARTS) is 1. The van der Waals surface area contributed by atoms with Gasteiger partial charge in [0.1, 0.15) is 0 Å². The molecule has 102 valence electrons. The van der Waals surface area contributed by atoms with Crippen LogP contribution in [-0.2, 0) is 4.79 Å². The molecule has 1 aliphatic rings. The number of hydrogen-bond donors (Lipinski definition) is 1. The van der Waals surface area contributed by atoms with E-state index >= 15 is 0 Å². The van der Waals surface area contributed by atoms with Crippen molar-refractivity contribution in [1.82, 2.24) is 14.8 Å². The van der Waals surface area contributed by atoms with E-state index in [1.165, 1.54) is 18.9 Å². The lowest BCUT2D eigenvalue weighted by molar-refractivity contribution is -0.131. The van der Waals surface area contributed by atoms with Crippen molar-refractivity contribution < 1.29 is 9.90 Å². The number of pyridine rings is 1. The Bertz CT molecular complexity index is 684. The van der Waals surface area contributed by atoms with Gasteiger partial charge in [0.05, 0.1) is 5.69 Å².